The van der Waals surface area contributed by atoms with Crippen LogP contribution in [0, 0.1) is 0 Å². The summed E-state index contributed by atoms with van der Waals surface area (Å²) in [7, 11) is 4.83. The zero-order valence-electron chi connectivity index (χ0n) is 13.5. The molecule has 22 heavy (non-hydrogen) atoms. The highest BCUT2D eigenvalue weighted by Crippen LogP contribution is 2.33. The third-order valence-electron chi connectivity index (χ3n) is 3.65. The van der Waals surface area contributed by atoms with E-state index in [4.69, 9.17) is 9.47 Å². The minimum Gasteiger partial charge on any atom is -0.497 e. The predicted octanol–water partition coefficient (Wildman–Crippen LogP) is 2.30. The van der Waals surface area contributed by atoms with Crippen molar-refractivity contribution in [3.05, 3.63) is 46.2 Å². The molecule has 0 amide bonds. The van der Waals surface area contributed by atoms with Gasteiger partial charge >= 0.3 is 0 Å². The first-order chi connectivity index (χ1) is 10.3. The molecule has 0 spiro atoms. The molecule has 1 heterocycles. The van der Waals surface area contributed by atoms with Gasteiger partial charge in [0.15, 0.2) is 0 Å². The number of aliphatic hydroxyl groups is 1. The maximum atomic E-state index is 12.5. The Kier molecular flexibility index (Phi) is 4.28. The van der Waals surface area contributed by atoms with E-state index in [-0.39, 0.29) is 5.56 Å². The summed E-state index contributed by atoms with van der Waals surface area (Å²) < 4.78 is 12.1. The summed E-state index contributed by atoms with van der Waals surface area (Å²) >= 11 is 0. The van der Waals surface area contributed by atoms with Crippen LogP contribution in [0.1, 0.15) is 19.4 Å². The van der Waals surface area contributed by atoms with Crippen LogP contribution in [0.5, 0.6) is 11.5 Å². The van der Waals surface area contributed by atoms with Gasteiger partial charge in [-0.1, -0.05) is 0 Å². The number of rotatable bonds is 4. The number of pyridine rings is 1. The quantitative estimate of drug-likeness (QED) is 0.941. The summed E-state index contributed by atoms with van der Waals surface area (Å²) in [6.07, 6.45) is 0. The van der Waals surface area contributed by atoms with Gasteiger partial charge in [0.25, 0.3) is 5.56 Å². The fourth-order valence-corrected chi connectivity index (χ4v) is 2.38. The van der Waals surface area contributed by atoms with E-state index >= 15 is 0 Å². The lowest BCUT2D eigenvalue weighted by Crippen LogP contribution is -2.31. The van der Waals surface area contributed by atoms with E-state index in [0.29, 0.717) is 22.8 Å². The zero-order valence-corrected chi connectivity index (χ0v) is 13.5. The fourth-order valence-electron chi connectivity index (χ4n) is 2.38. The monoisotopic (exact) mass is 303 g/mol. The van der Waals surface area contributed by atoms with E-state index in [0.717, 1.165) is 5.56 Å². The van der Waals surface area contributed by atoms with Gasteiger partial charge in [-0.25, -0.2) is 0 Å². The molecular weight excluding hydrogens is 282 g/mol. The highest BCUT2D eigenvalue weighted by molar-refractivity contribution is 5.69. The van der Waals surface area contributed by atoms with Gasteiger partial charge in [-0.3, -0.25) is 4.79 Å². The molecule has 0 aliphatic heterocycles. The maximum absolute atomic E-state index is 12.5. The number of aromatic nitrogens is 1. The first kappa shape index (κ1) is 16.1. The van der Waals surface area contributed by atoms with Crippen molar-refractivity contribution in [2.24, 2.45) is 7.05 Å². The minimum absolute atomic E-state index is 0.233. The number of methoxy groups -OCH3 is 2. The van der Waals surface area contributed by atoms with Crippen molar-refractivity contribution < 1.29 is 14.6 Å². The van der Waals surface area contributed by atoms with Gasteiger partial charge in [0, 0.05) is 24.2 Å². The van der Waals surface area contributed by atoms with Crippen molar-refractivity contribution in [3.63, 3.8) is 0 Å². The lowest BCUT2D eigenvalue weighted by atomic mass is 9.98. The summed E-state index contributed by atoms with van der Waals surface area (Å²) in [4.78, 5) is 12.5. The largest absolute Gasteiger partial charge is 0.497 e. The Morgan fingerprint density at radius 2 is 1.77 bits per heavy atom. The number of hydrogen-bond donors (Lipinski definition) is 1. The molecule has 1 aromatic heterocycles. The third-order valence-corrected chi connectivity index (χ3v) is 3.65. The maximum Gasteiger partial charge on any atom is 0.256 e. The second-order valence-corrected chi connectivity index (χ2v) is 5.62. The first-order valence-corrected chi connectivity index (χ1v) is 6.95. The molecule has 0 atom stereocenters. The summed E-state index contributed by atoms with van der Waals surface area (Å²) in [5.41, 5.74) is 0.425. The summed E-state index contributed by atoms with van der Waals surface area (Å²) in [5, 5.41) is 10.1. The van der Waals surface area contributed by atoms with Crippen molar-refractivity contribution in [1.29, 1.82) is 0 Å². The average Bonchev–Trinajstić information content (AvgIpc) is 2.48. The lowest BCUT2D eigenvalue weighted by Gasteiger charge is -2.20. The molecule has 0 saturated heterocycles. The number of hydrogen-bond acceptors (Lipinski definition) is 4. The van der Waals surface area contributed by atoms with Crippen LogP contribution in [0.4, 0.5) is 0 Å². The van der Waals surface area contributed by atoms with Crippen molar-refractivity contribution in [2.45, 2.75) is 19.4 Å². The predicted molar refractivity (Wildman–Crippen MR) is 85.5 cm³/mol. The van der Waals surface area contributed by atoms with E-state index in [1.165, 1.54) is 4.57 Å². The Labute approximate surface area is 129 Å². The summed E-state index contributed by atoms with van der Waals surface area (Å²) in [6, 6.07) is 8.88. The van der Waals surface area contributed by atoms with Crippen molar-refractivity contribution in [2.75, 3.05) is 14.2 Å². The molecule has 2 aromatic rings. The van der Waals surface area contributed by atoms with Crippen molar-refractivity contribution in [1.82, 2.24) is 4.57 Å². The Bertz CT molecular complexity index is 741. The van der Waals surface area contributed by atoms with Gasteiger partial charge in [0.1, 0.15) is 11.5 Å². The van der Waals surface area contributed by atoms with Crippen LogP contribution in [0.2, 0.25) is 0 Å². The zero-order chi connectivity index (χ0) is 16.5. The molecule has 2 rings (SSSR count). The molecule has 0 unspecified atom stereocenters. The molecule has 0 saturated carbocycles. The van der Waals surface area contributed by atoms with E-state index in [1.54, 1.807) is 53.3 Å². The number of nitrogens with zero attached hydrogens (tertiary/aromatic N) is 1. The molecule has 1 N–H and O–H groups in total. The van der Waals surface area contributed by atoms with Gasteiger partial charge in [-0.2, -0.15) is 0 Å². The second-order valence-electron chi connectivity index (χ2n) is 5.62. The third kappa shape index (κ3) is 2.85. The highest BCUT2D eigenvalue weighted by atomic mass is 16.5. The van der Waals surface area contributed by atoms with Crippen LogP contribution in [-0.2, 0) is 12.6 Å². The molecule has 5 nitrogen and oxygen atoms in total. The normalized spacial score (nSPS) is 11.4. The minimum atomic E-state index is -1.18. The van der Waals surface area contributed by atoms with Crippen LogP contribution < -0.4 is 15.0 Å². The Morgan fingerprint density at radius 1 is 1.09 bits per heavy atom. The van der Waals surface area contributed by atoms with Crippen LogP contribution in [-0.4, -0.2) is 23.9 Å². The Hall–Kier alpha value is -2.27. The molecule has 0 radical (unpaired) electrons. The Balaban J connectivity index is 2.65. The SMILES string of the molecule is COc1ccc(-c2ccc(C(C)(C)O)c(=O)n2C)c(OC)c1. The standard InChI is InChI=1S/C17H21NO4/c1-17(2,20)13-8-9-14(18(3)16(13)19)12-7-6-11(21-4)10-15(12)22-5/h6-10,20H,1-5H3. The molecular formula is C17H21NO4. The molecule has 0 aliphatic rings. The van der Waals surface area contributed by atoms with Gasteiger partial charge in [-0.05, 0) is 38.1 Å². The van der Waals surface area contributed by atoms with E-state index < -0.39 is 5.60 Å². The van der Waals surface area contributed by atoms with E-state index in [2.05, 4.69) is 0 Å². The van der Waals surface area contributed by atoms with Crippen LogP contribution >= 0.6 is 0 Å². The first-order valence-electron chi connectivity index (χ1n) is 6.95. The van der Waals surface area contributed by atoms with Gasteiger partial charge in [0.2, 0.25) is 0 Å². The van der Waals surface area contributed by atoms with E-state index in [1.807, 2.05) is 12.1 Å². The molecule has 5 heteroatoms. The van der Waals surface area contributed by atoms with Crippen LogP contribution in [0.3, 0.4) is 0 Å². The van der Waals surface area contributed by atoms with Crippen LogP contribution in [0.15, 0.2) is 35.1 Å². The number of ether oxygens (including phenoxy) is 2. The van der Waals surface area contributed by atoms with Gasteiger partial charge in [0.05, 0.1) is 25.5 Å². The molecule has 0 fully saturated rings. The van der Waals surface area contributed by atoms with Crippen molar-refractivity contribution in [3.8, 4) is 22.8 Å². The fraction of sp³-hybridized carbons (Fsp3) is 0.353. The highest BCUT2D eigenvalue weighted by Gasteiger charge is 2.22. The Morgan fingerprint density at radius 3 is 2.32 bits per heavy atom. The van der Waals surface area contributed by atoms with Gasteiger partial charge < -0.3 is 19.1 Å². The average molecular weight is 303 g/mol. The second kappa shape index (κ2) is 5.85. The number of benzene rings is 1. The smallest absolute Gasteiger partial charge is 0.256 e. The lowest BCUT2D eigenvalue weighted by molar-refractivity contribution is 0.0766. The molecule has 0 aliphatic carbocycles. The van der Waals surface area contributed by atoms with Gasteiger partial charge in [-0.15, -0.1) is 0 Å². The van der Waals surface area contributed by atoms with Crippen molar-refractivity contribution >= 4 is 0 Å². The van der Waals surface area contributed by atoms with E-state index in [9.17, 15) is 9.90 Å². The summed E-state index contributed by atoms with van der Waals surface area (Å²) in [6.45, 7) is 3.19. The topological polar surface area (TPSA) is 60.7 Å². The molecule has 1 aromatic carbocycles. The van der Waals surface area contributed by atoms with Crippen LogP contribution in [0.25, 0.3) is 11.3 Å². The molecule has 118 valence electrons. The molecule has 0 bridgehead atoms. The summed E-state index contributed by atoms with van der Waals surface area (Å²) in [5.74, 6) is 1.30.